The Bertz CT molecular complexity index is 1990. The first-order chi connectivity index (χ1) is 23.2. The van der Waals surface area contributed by atoms with E-state index in [1.807, 2.05) is 0 Å². The topological polar surface area (TPSA) is 170 Å². The molecule has 0 aliphatic carbocycles. The van der Waals surface area contributed by atoms with Gasteiger partial charge in [0.2, 0.25) is 11.3 Å². The maximum atomic E-state index is 14.2. The molecule has 0 radical (unpaired) electrons. The Labute approximate surface area is 282 Å². The van der Waals surface area contributed by atoms with Crippen LogP contribution in [-0.2, 0) is 23.9 Å². The summed E-state index contributed by atoms with van der Waals surface area (Å²) < 4.78 is 41.0. The molecule has 49 heavy (non-hydrogen) atoms. The number of aliphatic hydroxyl groups excluding tert-OH is 1. The van der Waals surface area contributed by atoms with Gasteiger partial charge in [0.25, 0.3) is 5.91 Å². The zero-order valence-electron chi connectivity index (χ0n) is 26.9. The quantitative estimate of drug-likeness (QED) is 0.247. The van der Waals surface area contributed by atoms with Crippen LogP contribution >= 0.6 is 11.6 Å². The highest BCUT2D eigenvalue weighted by Gasteiger charge is 2.36. The molecule has 1 unspecified atom stereocenters. The van der Waals surface area contributed by atoms with E-state index in [9.17, 15) is 37.8 Å². The molecule has 4 heterocycles. The van der Waals surface area contributed by atoms with Gasteiger partial charge in [-0.25, -0.2) is 19.9 Å². The van der Waals surface area contributed by atoms with Crippen molar-refractivity contribution in [2.24, 2.45) is 0 Å². The fraction of sp³-hybridized carbons (Fsp3) is 0.387. The van der Waals surface area contributed by atoms with Crippen LogP contribution in [0.1, 0.15) is 34.4 Å². The number of hydrogen-bond acceptors (Lipinski definition) is 11. The minimum absolute atomic E-state index is 0.00890. The molecule has 3 N–H and O–H groups in total. The third-order valence-corrected chi connectivity index (χ3v) is 8.48. The molecule has 260 valence electrons. The normalized spacial score (nSPS) is 15.1. The van der Waals surface area contributed by atoms with Crippen LogP contribution in [0.2, 0.25) is 5.02 Å². The number of anilines is 3. The van der Waals surface area contributed by atoms with E-state index < -0.39 is 48.2 Å². The smallest absolute Gasteiger partial charge is 0.416 e. The Morgan fingerprint density at radius 2 is 1.90 bits per heavy atom. The molecular formula is C31H33ClF3N9O5. The number of halogens is 4. The second-order valence-electron chi connectivity index (χ2n) is 11.5. The number of rotatable bonds is 8. The van der Waals surface area contributed by atoms with Crippen LogP contribution in [0, 0.1) is 6.92 Å². The van der Waals surface area contributed by atoms with Crippen LogP contribution in [0.25, 0.3) is 11.2 Å². The number of pyridine rings is 1. The van der Waals surface area contributed by atoms with E-state index in [2.05, 4.69) is 25.3 Å². The van der Waals surface area contributed by atoms with Crippen molar-refractivity contribution in [3.8, 4) is 5.75 Å². The summed E-state index contributed by atoms with van der Waals surface area (Å²) in [6.45, 7) is 2.60. The molecule has 1 saturated heterocycles. The molecule has 5 rings (SSSR count). The Morgan fingerprint density at radius 1 is 1.16 bits per heavy atom. The molecule has 2 amide bonds. The molecule has 14 nitrogen and oxygen atoms in total. The zero-order valence-corrected chi connectivity index (χ0v) is 27.7. The van der Waals surface area contributed by atoms with Gasteiger partial charge in [0.05, 0.1) is 40.8 Å². The highest BCUT2D eigenvalue weighted by atomic mass is 35.5. The van der Waals surface area contributed by atoms with E-state index in [0.29, 0.717) is 17.6 Å². The van der Waals surface area contributed by atoms with Crippen molar-refractivity contribution in [1.82, 2.24) is 29.4 Å². The Kier molecular flexibility index (Phi) is 9.96. The molecule has 1 aromatic carbocycles. The van der Waals surface area contributed by atoms with E-state index in [0.717, 1.165) is 18.5 Å². The number of aryl methyl sites for hydroxylation is 1. The average molecular weight is 704 g/mol. The third-order valence-electron chi connectivity index (χ3n) is 8.17. The highest BCUT2D eigenvalue weighted by Crippen LogP contribution is 2.34. The van der Waals surface area contributed by atoms with Crippen LogP contribution in [-0.4, -0.2) is 97.8 Å². The van der Waals surface area contributed by atoms with Crippen molar-refractivity contribution >= 4 is 51.8 Å². The van der Waals surface area contributed by atoms with Gasteiger partial charge in [-0.1, -0.05) is 18.5 Å². The largest absolute Gasteiger partial charge is 0.504 e. The Hall–Kier alpha value is -5.03. The van der Waals surface area contributed by atoms with Crippen LogP contribution < -0.4 is 20.5 Å². The summed E-state index contributed by atoms with van der Waals surface area (Å²) in [6, 6.07) is 1.76. The third kappa shape index (κ3) is 6.94. The molecule has 1 aliphatic rings. The lowest BCUT2D eigenvalue weighted by atomic mass is 10.1. The number of hydrogen-bond donors (Lipinski definition) is 3. The van der Waals surface area contributed by atoms with Gasteiger partial charge in [-0.15, -0.1) is 0 Å². The van der Waals surface area contributed by atoms with Crippen molar-refractivity contribution in [2.45, 2.75) is 39.0 Å². The number of aromatic nitrogens is 5. The molecule has 1 fully saturated rings. The second kappa shape index (κ2) is 13.8. The number of piperazine rings is 1. The SMILES string of the molecule is CCc1c(N2CCN(C(=O)c3ncnc(C)c3O)C(CO)C2)c(=O)c2nc(N(C)C)cnc2n1CC(=O)Nc1ccc(C(F)(F)F)cc1Cl. The Morgan fingerprint density at radius 3 is 2.53 bits per heavy atom. The number of nitrogens with one attached hydrogen (secondary N) is 1. The number of fused-ring (bicyclic) bond motifs is 1. The lowest BCUT2D eigenvalue weighted by Gasteiger charge is -2.42. The summed E-state index contributed by atoms with van der Waals surface area (Å²) in [6.07, 6.45) is -1.79. The number of carbonyl (C=O) groups excluding carboxylic acids is 2. The molecule has 3 aromatic heterocycles. The number of aliphatic hydroxyl groups is 1. The fourth-order valence-corrected chi connectivity index (χ4v) is 5.89. The van der Waals surface area contributed by atoms with E-state index in [-0.39, 0.29) is 70.8 Å². The van der Waals surface area contributed by atoms with Crippen molar-refractivity contribution in [3.05, 3.63) is 68.6 Å². The average Bonchev–Trinajstić information content (AvgIpc) is 3.06. The number of benzene rings is 1. The predicted molar refractivity (Wildman–Crippen MR) is 175 cm³/mol. The predicted octanol–water partition coefficient (Wildman–Crippen LogP) is 2.86. The van der Waals surface area contributed by atoms with Crippen LogP contribution in [0.4, 0.5) is 30.4 Å². The minimum Gasteiger partial charge on any atom is -0.504 e. The zero-order chi connectivity index (χ0) is 35.8. The summed E-state index contributed by atoms with van der Waals surface area (Å²) in [5.74, 6) is -1.28. The standard InChI is InChI=1S/C31H33ClF3N9O5/c1-5-21-26(42-8-9-43(18(12-42)14-45)30(49)25-27(47)16(2)37-15-38-25)28(48)24-29(36-11-22(40-24)41(3)4)44(21)13-23(46)39-20-7-6-17(10-19(20)32)31(33,34)35/h6-7,10-11,15,18,45,47H,5,8-9,12-14H2,1-4H3,(H,39,46). The van der Waals surface area contributed by atoms with Gasteiger partial charge >= 0.3 is 6.18 Å². The van der Waals surface area contributed by atoms with Gasteiger partial charge in [-0.3, -0.25) is 14.4 Å². The first-order valence-electron chi connectivity index (χ1n) is 15.1. The van der Waals surface area contributed by atoms with Gasteiger partial charge in [0.15, 0.2) is 22.6 Å². The van der Waals surface area contributed by atoms with Gasteiger partial charge in [0, 0.05) is 39.4 Å². The molecule has 1 aliphatic heterocycles. The highest BCUT2D eigenvalue weighted by molar-refractivity contribution is 6.33. The number of amides is 2. The molecule has 0 bridgehead atoms. The summed E-state index contributed by atoms with van der Waals surface area (Å²) in [5.41, 5.74) is -0.848. The minimum atomic E-state index is -4.62. The Balaban J connectivity index is 1.54. The summed E-state index contributed by atoms with van der Waals surface area (Å²) in [7, 11) is 3.44. The number of carbonyl (C=O) groups is 2. The van der Waals surface area contributed by atoms with E-state index in [4.69, 9.17) is 11.6 Å². The number of aromatic hydroxyl groups is 1. The molecule has 1 atom stereocenters. The van der Waals surface area contributed by atoms with Gasteiger partial charge in [-0.2, -0.15) is 13.2 Å². The fourth-order valence-electron chi connectivity index (χ4n) is 5.66. The van der Waals surface area contributed by atoms with E-state index in [1.165, 1.54) is 22.6 Å². The second-order valence-corrected chi connectivity index (χ2v) is 11.9. The summed E-state index contributed by atoms with van der Waals surface area (Å²) >= 11 is 6.08. The van der Waals surface area contributed by atoms with Crippen LogP contribution in [0.5, 0.6) is 5.75 Å². The lowest BCUT2D eigenvalue weighted by Crippen LogP contribution is -2.58. The van der Waals surface area contributed by atoms with E-state index in [1.54, 1.807) is 30.8 Å². The van der Waals surface area contributed by atoms with Crippen LogP contribution in [0.15, 0.2) is 35.5 Å². The van der Waals surface area contributed by atoms with Crippen molar-refractivity contribution < 1.29 is 33.0 Å². The van der Waals surface area contributed by atoms with Crippen molar-refractivity contribution in [1.29, 1.82) is 0 Å². The molecule has 0 spiro atoms. The summed E-state index contributed by atoms with van der Waals surface area (Å²) in [4.78, 5) is 62.6. The van der Waals surface area contributed by atoms with Crippen LogP contribution in [0.3, 0.4) is 0 Å². The monoisotopic (exact) mass is 703 g/mol. The molecule has 4 aromatic rings. The first-order valence-corrected chi connectivity index (χ1v) is 15.5. The molecule has 0 saturated carbocycles. The van der Waals surface area contributed by atoms with Crippen molar-refractivity contribution in [3.63, 3.8) is 0 Å². The number of alkyl halides is 3. The number of nitrogens with zero attached hydrogens (tertiary/aromatic N) is 8. The first kappa shape index (κ1) is 35.3. The summed E-state index contributed by atoms with van der Waals surface area (Å²) in [5, 5.41) is 23.0. The van der Waals surface area contributed by atoms with Gasteiger partial charge in [0.1, 0.15) is 24.4 Å². The van der Waals surface area contributed by atoms with Crippen molar-refractivity contribution in [2.75, 3.05) is 55.5 Å². The van der Waals surface area contributed by atoms with E-state index >= 15 is 0 Å². The van der Waals surface area contributed by atoms with Gasteiger partial charge in [-0.05, 0) is 31.5 Å². The molecular weight excluding hydrogens is 671 g/mol. The maximum Gasteiger partial charge on any atom is 0.416 e. The lowest BCUT2D eigenvalue weighted by molar-refractivity contribution is -0.137. The maximum absolute atomic E-state index is 14.2. The van der Waals surface area contributed by atoms with Gasteiger partial charge < -0.3 is 34.8 Å². The molecule has 18 heteroatoms.